The number of benzene rings is 1. The van der Waals surface area contributed by atoms with E-state index < -0.39 is 5.54 Å². The van der Waals surface area contributed by atoms with Crippen LogP contribution in [0.2, 0.25) is 0 Å². The van der Waals surface area contributed by atoms with Crippen LogP contribution in [-0.4, -0.2) is 63.9 Å². The first-order valence-electron chi connectivity index (χ1n) is 12.5. The van der Waals surface area contributed by atoms with Gasteiger partial charge in [0, 0.05) is 30.0 Å². The Hall–Kier alpha value is -2.34. The average Bonchev–Trinajstić information content (AvgIpc) is 3.36. The number of hydrogen-bond acceptors (Lipinski definition) is 3. The van der Waals surface area contributed by atoms with Crippen LogP contribution >= 0.6 is 0 Å². The lowest BCUT2D eigenvalue weighted by atomic mass is 9.93. The summed E-state index contributed by atoms with van der Waals surface area (Å²) in [6.45, 7) is 6.08. The van der Waals surface area contributed by atoms with Gasteiger partial charge in [0.15, 0.2) is 0 Å². The number of hydrogen-bond donors (Lipinski definition) is 1. The Balaban J connectivity index is 1.46. The molecular weight excluding hydrogens is 400 g/mol. The standard InChI is InChI=1S/C26H36N4O2/c1-26(25(32)27-21-11-4-2-3-5-12-21)19-29-22-13-7-6-10-20(22)18-23(29)24(31)30(26)17-16-28-14-8-9-15-28/h6-7,10,13,18,21H,2-5,8-9,11-12,14-17,19H2,1H3,(H,27,32)/t26-/m0/s1. The second-order valence-corrected chi connectivity index (χ2v) is 10.1. The average molecular weight is 437 g/mol. The van der Waals surface area contributed by atoms with Crippen LogP contribution < -0.4 is 5.32 Å². The predicted octanol–water partition coefficient (Wildman–Crippen LogP) is 3.79. The zero-order valence-electron chi connectivity index (χ0n) is 19.3. The van der Waals surface area contributed by atoms with Crippen molar-refractivity contribution in [1.82, 2.24) is 19.7 Å². The van der Waals surface area contributed by atoms with E-state index in [2.05, 4.69) is 20.9 Å². The maximum atomic E-state index is 13.8. The van der Waals surface area contributed by atoms with Gasteiger partial charge in [-0.1, -0.05) is 43.9 Å². The summed E-state index contributed by atoms with van der Waals surface area (Å²) >= 11 is 0. The van der Waals surface area contributed by atoms with Crippen molar-refractivity contribution >= 4 is 22.7 Å². The molecule has 1 aliphatic carbocycles. The minimum Gasteiger partial charge on any atom is -0.351 e. The van der Waals surface area contributed by atoms with Crippen molar-refractivity contribution in [1.29, 1.82) is 0 Å². The van der Waals surface area contributed by atoms with Crippen LogP contribution in [0.3, 0.4) is 0 Å². The summed E-state index contributed by atoms with van der Waals surface area (Å²) < 4.78 is 2.07. The summed E-state index contributed by atoms with van der Waals surface area (Å²) in [6, 6.07) is 10.3. The van der Waals surface area contributed by atoms with E-state index in [9.17, 15) is 9.59 Å². The molecule has 0 spiro atoms. The fourth-order valence-corrected chi connectivity index (χ4v) is 5.87. The Morgan fingerprint density at radius 2 is 1.75 bits per heavy atom. The van der Waals surface area contributed by atoms with Crippen LogP contribution in [0.15, 0.2) is 30.3 Å². The number of likely N-dealkylation sites (tertiary alicyclic amines) is 1. The lowest BCUT2D eigenvalue weighted by Crippen LogP contribution is -2.65. The van der Waals surface area contributed by atoms with Crippen LogP contribution in [0.25, 0.3) is 10.9 Å². The molecule has 2 aliphatic heterocycles. The molecule has 6 heteroatoms. The van der Waals surface area contributed by atoms with Crippen molar-refractivity contribution in [2.75, 3.05) is 26.2 Å². The van der Waals surface area contributed by atoms with E-state index in [1.54, 1.807) is 0 Å². The predicted molar refractivity (Wildman–Crippen MR) is 127 cm³/mol. The van der Waals surface area contributed by atoms with Gasteiger partial charge in [-0.15, -0.1) is 0 Å². The van der Waals surface area contributed by atoms with Gasteiger partial charge in [0.05, 0.1) is 6.54 Å². The van der Waals surface area contributed by atoms with Crippen molar-refractivity contribution in [2.24, 2.45) is 0 Å². The summed E-state index contributed by atoms with van der Waals surface area (Å²) in [6.07, 6.45) is 9.38. The molecule has 2 amide bonds. The van der Waals surface area contributed by atoms with E-state index in [1.165, 1.54) is 38.5 Å². The molecule has 6 nitrogen and oxygen atoms in total. The third-order valence-corrected chi connectivity index (χ3v) is 7.85. The molecule has 1 saturated heterocycles. The highest BCUT2D eigenvalue weighted by Gasteiger charge is 2.48. The molecule has 0 radical (unpaired) electrons. The second kappa shape index (κ2) is 8.89. The summed E-state index contributed by atoms with van der Waals surface area (Å²) in [4.78, 5) is 31.8. The van der Waals surface area contributed by atoms with Gasteiger partial charge in [-0.05, 0) is 57.8 Å². The third-order valence-electron chi connectivity index (χ3n) is 7.85. The molecule has 2 fully saturated rings. The van der Waals surface area contributed by atoms with Gasteiger partial charge in [0.25, 0.3) is 5.91 Å². The molecule has 3 aliphatic rings. The van der Waals surface area contributed by atoms with Crippen molar-refractivity contribution in [3.05, 3.63) is 36.0 Å². The minimum atomic E-state index is -0.891. The van der Waals surface area contributed by atoms with Gasteiger partial charge in [-0.2, -0.15) is 0 Å². The van der Waals surface area contributed by atoms with Gasteiger partial charge in [-0.3, -0.25) is 9.59 Å². The van der Waals surface area contributed by atoms with Gasteiger partial charge in [0.1, 0.15) is 11.2 Å². The molecule has 3 heterocycles. The Bertz CT molecular complexity index is 985. The molecule has 1 aromatic heterocycles. The van der Waals surface area contributed by atoms with Crippen molar-refractivity contribution in [3.8, 4) is 0 Å². The highest BCUT2D eigenvalue weighted by molar-refractivity contribution is 6.03. The van der Waals surface area contributed by atoms with Crippen LogP contribution in [0.5, 0.6) is 0 Å². The fourth-order valence-electron chi connectivity index (χ4n) is 5.87. The zero-order valence-corrected chi connectivity index (χ0v) is 19.3. The maximum absolute atomic E-state index is 13.8. The zero-order chi connectivity index (χ0) is 22.1. The SMILES string of the molecule is C[C@@]1(C(=O)NC2CCCCCC2)Cn2c(cc3ccccc32)C(=O)N1CCN1CCCC1. The van der Waals surface area contributed by atoms with E-state index in [0.717, 1.165) is 43.4 Å². The normalized spacial score (nSPS) is 25.2. The number of aromatic nitrogens is 1. The van der Waals surface area contributed by atoms with Crippen molar-refractivity contribution in [2.45, 2.75) is 76.4 Å². The first kappa shape index (κ1) is 21.5. The number of para-hydroxylation sites is 1. The van der Waals surface area contributed by atoms with Crippen LogP contribution in [0.4, 0.5) is 0 Å². The van der Waals surface area contributed by atoms with E-state index in [4.69, 9.17) is 0 Å². The van der Waals surface area contributed by atoms with E-state index in [1.807, 2.05) is 36.1 Å². The summed E-state index contributed by atoms with van der Waals surface area (Å²) in [7, 11) is 0. The first-order valence-corrected chi connectivity index (χ1v) is 12.5. The Labute approximate surface area is 190 Å². The van der Waals surface area contributed by atoms with Gasteiger partial charge in [-0.25, -0.2) is 0 Å². The third kappa shape index (κ3) is 3.94. The van der Waals surface area contributed by atoms with Crippen molar-refractivity contribution in [3.63, 3.8) is 0 Å². The smallest absolute Gasteiger partial charge is 0.271 e. The molecule has 2 aromatic rings. The van der Waals surface area contributed by atoms with Crippen molar-refractivity contribution < 1.29 is 9.59 Å². The molecule has 5 rings (SSSR count). The van der Waals surface area contributed by atoms with Gasteiger partial charge in [0.2, 0.25) is 5.91 Å². The first-order chi connectivity index (χ1) is 15.6. The largest absolute Gasteiger partial charge is 0.351 e. The number of fused-ring (bicyclic) bond motifs is 3. The number of carbonyl (C=O) groups is 2. The second-order valence-electron chi connectivity index (χ2n) is 10.1. The molecule has 32 heavy (non-hydrogen) atoms. The van der Waals surface area contributed by atoms with E-state index in [-0.39, 0.29) is 17.9 Å². The molecule has 1 saturated carbocycles. The molecule has 0 bridgehead atoms. The van der Waals surface area contributed by atoms with Crippen LogP contribution in [0, 0.1) is 0 Å². The topological polar surface area (TPSA) is 57.6 Å². The summed E-state index contributed by atoms with van der Waals surface area (Å²) in [5.74, 6) is -0.0206. The molecule has 1 aromatic carbocycles. The summed E-state index contributed by atoms with van der Waals surface area (Å²) in [5, 5.41) is 4.42. The lowest BCUT2D eigenvalue weighted by Gasteiger charge is -2.45. The van der Waals surface area contributed by atoms with E-state index >= 15 is 0 Å². The lowest BCUT2D eigenvalue weighted by molar-refractivity contribution is -0.133. The maximum Gasteiger partial charge on any atom is 0.271 e. The monoisotopic (exact) mass is 436 g/mol. The van der Waals surface area contributed by atoms with Gasteiger partial charge < -0.3 is 19.7 Å². The molecule has 0 unspecified atom stereocenters. The van der Waals surface area contributed by atoms with Crippen LogP contribution in [0.1, 0.15) is 68.8 Å². The van der Waals surface area contributed by atoms with Gasteiger partial charge >= 0.3 is 0 Å². The molecule has 1 atom stereocenters. The summed E-state index contributed by atoms with van der Waals surface area (Å²) in [5.41, 5.74) is 0.841. The highest BCUT2D eigenvalue weighted by atomic mass is 16.2. The Morgan fingerprint density at radius 3 is 2.50 bits per heavy atom. The number of carbonyl (C=O) groups excluding carboxylic acids is 2. The number of amides is 2. The molecular formula is C26H36N4O2. The quantitative estimate of drug-likeness (QED) is 0.726. The van der Waals surface area contributed by atoms with Crippen LogP contribution in [-0.2, 0) is 11.3 Å². The fraction of sp³-hybridized carbons (Fsp3) is 0.615. The Morgan fingerprint density at radius 1 is 1.03 bits per heavy atom. The molecule has 172 valence electrons. The number of nitrogens with one attached hydrogen (secondary N) is 1. The number of nitrogens with zero attached hydrogens (tertiary/aromatic N) is 3. The Kier molecular flexibility index (Phi) is 5.97. The molecule has 1 N–H and O–H groups in total. The minimum absolute atomic E-state index is 0.00241. The van der Waals surface area contributed by atoms with E-state index in [0.29, 0.717) is 18.8 Å². The number of rotatable bonds is 5. The highest BCUT2D eigenvalue weighted by Crippen LogP contribution is 2.33.